The Morgan fingerprint density at radius 3 is 2.43 bits per heavy atom. The van der Waals surface area contributed by atoms with Crippen LogP contribution >= 0.6 is 12.2 Å². The van der Waals surface area contributed by atoms with Gasteiger partial charge in [-0.25, -0.2) is 9.97 Å². The lowest BCUT2D eigenvalue weighted by Gasteiger charge is -2.37. The van der Waals surface area contributed by atoms with Crippen LogP contribution in [0.15, 0.2) is 42.7 Å². The zero-order valence-corrected chi connectivity index (χ0v) is 25.9. The fourth-order valence-electron chi connectivity index (χ4n) is 5.69. The van der Waals surface area contributed by atoms with Gasteiger partial charge in [-0.05, 0) is 49.0 Å². The minimum Gasteiger partial charge on any atom is -0.493 e. The first-order chi connectivity index (χ1) is 21.5. The number of amides is 1. The Bertz CT molecular complexity index is 1610. The highest BCUT2D eigenvalue weighted by Crippen LogP contribution is 2.38. The zero-order valence-electron chi connectivity index (χ0n) is 25.1. The molecule has 2 fully saturated rings. The number of fused-ring (bicyclic) bond motifs is 3. The normalized spacial score (nSPS) is 15.9. The van der Waals surface area contributed by atoms with Crippen molar-refractivity contribution >= 4 is 62.4 Å². The summed E-state index contributed by atoms with van der Waals surface area (Å²) in [6.45, 7) is 9.63. The molecule has 44 heavy (non-hydrogen) atoms. The number of benzene rings is 2. The van der Waals surface area contributed by atoms with Gasteiger partial charge in [-0.3, -0.25) is 9.69 Å². The lowest BCUT2D eigenvalue weighted by Crippen LogP contribution is -2.50. The van der Waals surface area contributed by atoms with Crippen LogP contribution in [0.5, 0.6) is 11.5 Å². The number of aromatic amines is 1. The van der Waals surface area contributed by atoms with Gasteiger partial charge in [0.2, 0.25) is 5.91 Å². The molecular weight excluding hydrogens is 580 g/mol. The van der Waals surface area contributed by atoms with Gasteiger partial charge in [-0.1, -0.05) is 0 Å². The van der Waals surface area contributed by atoms with E-state index >= 15 is 0 Å². The monoisotopic (exact) mass is 618 g/mol. The van der Waals surface area contributed by atoms with Crippen molar-refractivity contribution in [3.05, 3.63) is 42.7 Å². The third-order valence-electron chi connectivity index (χ3n) is 7.96. The summed E-state index contributed by atoms with van der Waals surface area (Å²) in [5, 5.41) is 8.71. The summed E-state index contributed by atoms with van der Waals surface area (Å²) in [6.07, 6.45) is 2.54. The van der Waals surface area contributed by atoms with Crippen molar-refractivity contribution in [2.24, 2.45) is 0 Å². The smallest absolute Gasteiger partial charge is 0.221 e. The molecule has 3 N–H and O–H groups in total. The summed E-state index contributed by atoms with van der Waals surface area (Å²) >= 11 is 5.71. The van der Waals surface area contributed by atoms with Crippen molar-refractivity contribution in [2.75, 3.05) is 88.3 Å². The van der Waals surface area contributed by atoms with E-state index in [9.17, 15) is 4.79 Å². The SMILES string of the molecule is COc1cc2c(cc1OCCCN1CCOCC1)[nH]c1ncnc(N3CCN(C(=S)Nc4ccc(NC(C)=O)cc4)CC3)c12. The Labute approximate surface area is 261 Å². The predicted octanol–water partition coefficient (Wildman–Crippen LogP) is 3.70. The number of ether oxygens (including phenoxy) is 3. The van der Waals surface area contributed by atoms with Gasteiger partial charge in [0, 0.05) is 75.6 Å². The fraction of sp³-hybridized carbons (Fsp3) is 0.419. The second-order valence-corrected chi connectivity index (χ2v) is 11.3. The summed E-state index contributed by atoms with van der Waals surface area (Å²) in [5.74, 6) is 2.18. The van der Waals surface area contributed by atoms with Crippen molar-refractivity contribution in [3.63, 3.8) is 0 Å². The molecule has 0 unspecified atom stereocenters. The Kier molecular flexibility index (Phi) is 9.24. The van der Waals surface area contributed by atoms with E-state index in [-0.39, 0.29) is 5.91 Å². The quantitative estimate of drug-likeness (QED) is 0.188. The van der Waals surface area contributed by atoms with Gasteiger partial charge in [-0.2, -0.15) is 0 Å². The first kappa shape index (κ1) is 29.9. The first-order valence-corrected chi connectivity index (χ1v) is 15.3. The molecule has 2 aromatic heterocycles. The van der Waals surface area contributed by atoms with Crippen molar-refractivity contribution in [3.8, 4) is 11.5 Å². The first-order valence-electron chi connectivity index (χ1n) is 14.9. The van der Waals surface area contributed by atoms with Crippen LogP contribution in [-0.4, -0.2) is 109 Å². The molecule has 4 aromatic rings. The average molecular weight is 619 g/mol. The standard InChI is InChI=1S/C31H38N8O4S/c1-21(40)34-22-4-6-23(7-5-22)35-31(44)39-11-9-38(10-12-39)30-28-24-18-26(41-2)27(19-25(24)36-29(28)32-20-33-30)43-15-3-8-37-13-16-42-17-14-37/h4-7,18-20H,3,8-17H2,1-2H3,(H,34,40)(H,35,44)(H,32,33,36). The molecule has 13 heteroatoms. The molecule has 0 atom stereocenters. The van der Waals surface area contributed by atoms with E-state index < -0.39 is 0 Å². The molecule has 232 valence electrons. The molecule has 0 aliphatic carbocycles. The molecule has 0 saturated carbocycles. The molecule has 1 amide bonds. The van der Waals surface area contributed by atoms with E-state index in [0.717, 1.165) is 105 Å². The third kappa shape index (κ3) is 6.79. The number of anilines is 3. The summed E-state index contributed by atoms with van der Waals surface area (Å²) in [6, 6.07) is 11.5. The van der Waals surface area contributed by atoms with Crippen LogP contribution in [0.4, 0.5) is 17.2 Å². The van der Waals surface area contributed by atoms with E-state index in [1.807, 2.05) is 36.4 Å². The molecule has 0 radical (unpaired) electrons. The zero-order chi connectivity index (χ0) is 30.5. The minimum absolute atomic E-state index is 0.101. The number of aromatic nitrogens is 3. The Hall–Kier alpha value is -4.20. The second-order valence-electron chi connectivity index (χ2n) is 10.9. The van der Waals surface area contributed by atoms with E-state index in [2.05, 4.69) is 35.3 Å². The number of piperazine rings is 1. The van der Waals surface area contributed by atoms with E-state index in [4.69, 9.17) is 31.4 Å². The van der Waals surface area contributed by atoms with E-state index in [0.29, 0.717) is 23.2 Å². The molecule has 4 heterocycles. The molecule has 6 rings (SSSR count). The molecule has 2 aliphatic heterocycles. The maximum Gasteiger partial charge on any atom is 0.221 e. The van der Waals surface area contributed by atoms with Crippen LogP contribution in [0.3, 0.4) is 0 Å². The largest absolute Gasteiger partial charge is 0.493 e. The number of morpholine rings is 1. The lowest BCUT2D eigenvalue weighted by atomic mass is 10.1. The number of hydrogen-bond donors (Lipinski definition) is 3. The van der Waals surface area contributed by atoms with Crippen molar-refractivity contribution in [2.45, 2.75) is 13.3 Å². The maximum absolute atomic E-state index is 11.3. The van der Waals surface area contributed by atoms with Gasteiger partial charge < -0.3 is 39.6 Å². The highest BCUT2D eigenvalue weighted by molar-refractivity contribution is 7.80. The average Bonchev–Trinajstić information content (AvgIpc) is 3.41. The Morgan fingerprint density at radius 2 is 1.73 bits per heavy atom. The van der Waals surface area contributed by atoms with Crippen LogP contribution < -0.4 is 25.0 Å². The van der Waals surface area contributed by atoms with E-state index in [1.165, 1.54) is 6.92 Å². The van der Waals surface area contributed by atoms with Gasteiger partial charge in [-0.15, -0.1) is 0 Å². The van der Waals surface area contributed by atoms with Crippen molar-refractivity contribution < 1.29 is 19.0 Å². The van der Waals surface area contributed by atoms with Crippen LogP contribution in [0.2, 0.25) is 0 Å². The second kappa shape index (κ2) is 13.6. The molecular formula is C31H38N8O4S. The van der Waals surface area contributed by atoms with Gasteiger partial charge >= 0.3 is 0 Å². The number of H-pyrrole nitrogens is 1. The van der Waals surface area contributed by atoms with Gasteiger partial charge in [0.05, 0.1) is 37.8 Å². The number of thiocarbonyl (C=S) groups is 1. The topological polar surface area (TPSA) is 120 Å². The number of nitrogens with one attached hydrogen (secondary N) is 3. The molecule has 2 aliphatic rings. The van der Waals surface area contributed by atoms with Gasteiger partial charge in [0.1, 0.15) is 17.8 Å². The van der Waals surface area contributed by atoms with Crippen molar-refractivity contribution in [1.82, 2.24) is 24.8 Å². The Morgan fingerprint density at radius 1 is 1.00 bits per heavy atom. The van der Waals surface area contributed by atoms with Gasteiger partial charge in [0.25, 0.3) is 0 Å². The highest BCUT2D eigenvalue weighted by Gasteiger charge is 2.24. The number of methoxy groups -OCH3 is 1. The summed E-state index contributed by atoms with van der Waals surface area (Å²) in [5.41, 5.74) is 3.33. The van der Waals surface area contributed by atoms with Crippen LogP contribution in [-0.2, 0) is 9.53 Å². The minimum atomic E-state index is -0.101. The highest BCUT2D eigenvalue weighted by atomic mass is 32.1. The van der Waals surface area contributed by atoms with Crippen LogP contribution in [0.1, 0.15) is 13.3 Å². The molecule has 12 nitrogen and oxygen atoms in total. The third-order valence-corrected chi connectivity index (χ3v) is 8.32. The van der Waals surface area contributed by atoms with E-state index in [1.54, 1.807) is 13.4 Å². The molecule has 2 aromatic carbocycles. The lowest BCUT2D eigenvalue weighted by molar-refractivity contribution is -0.114. The van der Waals surface area contributed by atoms with Gasteiger partial charge in [0.15, 0.2) is 16.6 Å². The summed E-state index contributed by atoms with van der Waals surface area (Å²) in [4.78, 5) is 30.8. The number of rotatable bonds is 9. The summed E-state index contributed by atoms with van der Waals surface area (Å²) < 4.78 is 17.4. The number of carbonyl (C=O) groups is 1. The van der Waals surface area contributed by atoms with Crippen molar-refractivity contribution in [1.29, 1.82) is 0 Å². The number of nitrogens with zero attached hydrogens (tertiary/aromatic N) is 5. The number of hydrogen-bond acceptors (Lipinski definition) is 9. The Balaban J connectivity index is 1.11. The van der Waals surface area contributed by atoms with Crippen LogP contribution in [0, 0.1) is 0 Å². The molecule has 0 bridgehead atoms. The predicted molar refractivity (Wildman–Crippen MR) is 176 cm³/mol. The number of carbonyl (C=O) groups excluding carboxylic acids is 1. The molecule has 2 saturated heterocycles. The molecule has 0 spiro atoms. The fourth-order valence-corrected chi connectivity index (χ4v) is 5.99. The summed E-state index contributed by atoms with van der Waals surface area (Å²) in [7, 11) is 1.67. The van der Waals surface area contributed by atoms with Crippen LogP contribution in [0.25, 0.3) is 21.9 Å². The maximum atomic E-state index is 11.3.